The van der Waals surface area contributed by atoms with Gasteiger partial charge in [0.1, 0.15) is 5.69 Å². The van der Waals surface area contributed by atoms with E-state index >= 15 is 0 Å². The molecule has 1 aliphatic heterocycles. The minimum atomic E-state index is -0.834. The molecule has 2 heterocycles. The summed E-state index contributed by atoms with van der Waals surface area (Å²) in [7, 11) is 0. The number of aromatic nitrogens is 1. The zero-order valence-electron chi connectivity index (χ0n) is 13.8. The predicted octanol–water partition coefficient (Wildman–Crippen LogP) is 0.511. The minimum Gasteiger partial charge on any atom is -0.351 e. The van der Waals surface area contributed by atoms with Gasteiger partial charge in [0.15, 0.2) is 0 Å². The summed E-state index contributed by atoms with van der Waals surface area (Å²) in [5, 5.41) is 3.07. The van der Waals surface area contributed by atoms with E-state index in [2.05, 4.69) is 9.88 Å². The van der Waals surface area contributed by atoms with Crippen molar-refractivity contribution in [1.29, 1.82) is 0 Å². The van der Waals surface area contributed by atoms with Crippen LogP contribution in [0, 0.1) is 0 Å². The van der Waals surface area contributed by atoms with Crippen LogP contribution in [-0.4, -0.2) is 65.4 Å². The number of hydrogen-bond donors (Lipinski definition) is 3. The van der Waals surface area contributed by atoms with Gasteiger partial charge in [-0.3, -0.25) is 19.8 Å². The van der Waals surface area contributed by atoms with Gasteiger partial charge in [-0.15, -0.1) is 0 Å². The molecule has 0 unspecified atom stereocenters. The average Bonchev–Trinajstić information content (AvgIpc) is 3.03. The molecule has 0 atom stereocenters. The normalized spacial score (nSPS) is 15.3. The molecule has 25 heavy (non-hydrogen) atoms. The lowest BCUT2D eigenvalue weighted by Gasteiger charge is -2.34. The molecule has 0 saturated carbocycles. The summed E-state index contributed by atoms with van der Waals surface area (Å²) in [5.74, 6) is -0.397. The van der Waals surface area contributed by atoms with E-state index < -0.39 is 6.03 Å². The number of nitrogens with zero attached hydrogens (tertiary/aromatic N) is 2. The fourth-order valence-electron chi connectivity index (χ4n) is 2.99. The Hall–Kier alpha value is -2.87. The second kappa shape index (κ2) is 7.35. The summed E-state index contributed by atoms with van der Waals surface area (Å²) < 4.78 is 0. The van der Waals surface area contributed by atoms with Crippen LogP contribution in [0.15, 0.2) is 30.3 Å². The average molecular weight is 343 g/mol. The Balaban J connectivity index is 1.50. The van der Waals surface area contributed by atoms with Gasteiger partial charge in [-0.2, -0.15) is 0 Å². The van der Waals surface area contributed by atoms with Crippen molar-refractivity contribution in [3.8, 4) is 0 Å². The maximum absolute atomic E-state index is 12.6. The van der Waals surface area contributed by atoms with E-state index in [9.17, 15) is 14.4 Å². The Labute approximate surface area is 144 Å². The van der Waals surface area contributed by atoms with Crippen molar-refractivity contribution in [2.75, 3.05) is 32.7 Å². The Kier molecular flexibility index (Phi) is 4.99. The molecule has 0 spiro atoms. The molecule has 1 saturated heterocycles. The number of piperazine rings is 1. The monoisotopic (exact) mass is 343 g/mol. The van der Waals surface area contributed by atoms with Crippen LogP contribution in [0.1, 0.15) is 16.9 Å². The van der Waals surface area contributed by atoms with E-state index in [4.69, 9.17) is 5.73 Å². The number of rotatable bonds is 4. The van der Waals surface area contributed by atoms with E-state index in [1.165, 1.54) is 0 Å². The number of aromatic amines is 1. The number of amides is 4. The highest BCUT2D eigenvalue weighted by Gasteiger charge is 2.23. The van der Waals surface area contributed by atoms with Gasteiger partial charge in [0.05, 0.1) is 0 Å². The fraction of sp³-hybridized carbons (Fsp3) is 0.353. The molecule has 3 rings (SSSR count). The van der Waals surface area contributed by atoms with Crippen molar-refractivity contribution in [3.63, 3.8) is 0 Å². The molecule has 4 N–H and O–H groups in total. The van der Waals surface area contributed by atoms with Crippen LogP contribution in [0.2, 0.25) is 0 Å². The fourth-order valence-corrected chi connectivity index (χ4v) is 2.99. The van der Waals surface area contributed by atoms with Gasteiger partial charge in [0.25, 0.3) is 5.91 Å². The third kappa shape index (κ3) is 4.16. The highest BCUT2D eigenvalue weighted by Crippen LogP contribution is 2.16. The first-order valence-corrected chi connectivity index (χ1v) is 8.21. The SMILES string of the molecule is NC(=O)NC(=O)CCN1CCN(C(=O)c2cc3ccccc3[nH]2)CC1. The van der Waals surface area contributed by atoms with Crippen LogP contribution in [0.25, 0.3) is 10.9 Å². The second-order valence-corrected chi connectivity index (χ2v) is 6.07. The maximum Gasteiger partial charge on any atom is 0.318 e. The molecular formula is C17H21N5O3. The van der Waals surface area contributed by atoms with E-state index in [-0.39, 0.29) is 18.2 Å². The molecule has 0 bridgehead atoms. The standard InChI is InChI=1S/C17H21N5O3/c18-17(25)20-15(23)5-6-21-7-9-22(10-8-21)16(24)14-11-12-3-1-2-4-13(12)19-14/h1-4,11,19H,5-10H2,(H3,18,20,23,25). The van der Waals surface area contributed by atoms with Crippen LogP contribution < -0.4 is 11.1 Å². The molecular weight excluding hydrogens is 322 g/mol. The predicted molar refractivity (Wildman–Crippen MR) is 93.0 cm³/mol. The van der Waals surface area contributed by atoms with E-state index in [1.54, 1.807) is 0 Å². The summed E-state index contributed by atoms with van der Waals surface area (Å²) in [6, 6.07) is 8.83. The summed E-state index contributed by atoms with van der Waals surface area (Å²) in [4.78, 5) is 41.7. The molecule has 1 fully saturated rings. The van der Waals surface area contributed by atoms with Crippen molar-refractivity contribution < 1.29 is 14.4 Å². The Morgan fingerprint density at radius 3 is 2.52 bits per heavy atom. The third-order valence-corrected chi connectivity index (χ3v) is 4.34. The second-order valence-electron chi connectivity index (χ2n) is 6.07. The molecule has 8 nitrogen and oxygen atoms in total. The number of benzene rings is 1. The number of para-hydroxylation sites is 1. The van der Waals surface area contributed by atoms with E-state index in [0.29, 0.717) is 38.4 Å². The number of imide groups is 1. The van der Waals surface area contributed by atoms with Crippen molar-refractivity contribution >= 4 is 28.7 Å². The summed E-state index contributed by atoms with van der Waals surface area (Å²) >= 11 is 0. The first kappa shape index (κ1) is 17.0. The summed E-state index contributed by atoms with van der Waals surface area (Å²) in [5.41, 5.74) is 6.45. The van der Waals surface area contributed by atoms with Crippen LogP contribution in [0.5, 0.6) is 0 Å². The number of carbonyl (C=O) groups excluding carboxylic acids is 3. The van der Waals surface area contributed by atoms with Crippen molar-refractivity contribution in [2.45, 2.75) is 6.42 Å². The van der Waals surface area contributed by atoms with Crippen molar-refractivity contribution in [3.05, 3.63) is 36.0 Å². The lowest BCUT2D eigenvalue weighted by Crippen LogP contribution is -2.49. The Morgan fingerprint density at radius 2 is 1.84 bits per heavy atom. The Morgan fingerprint density at radius 1 is 1.12 bits per heavy atom. The number of urea groups is 1. The molecule has 8 heteroatoms. The number of nitrogens with two attached hydrogens (primary N) is 1. The van der Waals surface area contributed by atoms with Gasteiger partial charge >= 0.3 is 6.03 Å². The first-order valence-electron chi connectivity index (χ1n) is 8.21. The molecule has 0 aliphatic carbocycles. The number of hydrogen-bond acceptors (Lipinski definition) is 4. The van der Waals surface area contributed by atoms with Gasteiger partial charge in [-0.1, -0.05) is 18.2 Å². The highest BCUT2D eigenvalue weighted by atomic mass is 16.2. The lowest BCUT2D eigenvalue weighted by atomic mass is 10.2. The highest BCUT2D eigenvalue weighted by molar-refractivity contribution is 5.98. The van der Waals surface area contributed by atoms with Crippen LogP contribution in [0.4, 0.5) is 4.79 Å². The summed E-state index contributed by atoms with van der Waals surface area (Å²) in [6.45, 7) is 3.12. The zero-order valence-corrected chi connectivity index (χ0v) is 13.8. The Bertz CT molecular complexity index is 759. The first-order chi connectivity index (χ1) is 12.0. The smallest absolute Gasteiger partial charge is 0.318 e. The number of carbonyl (C=O) groups is 3. The van der Waals surface area contributed by atoms with E-state index in [1.807, 2.05) is 40.5 Å². The van der Waals surface area contributed by atoms with Gasteiger partial charge in [0.2, 0.25) is 5.91 Å². The number of fused-ring (bicyclic) bond motifs is 1. The van der Waals surface area contributed by atoms with Gasteiger partial charge in [-0.05, 0) is 12.1 Å². The van der Waals surface area contributed by atoms with Gasteiger partial charge < -0.3 is 15.6 Å². The topological polar surface area (TPSA) is 112 Å². The van der Waals surface area contributed by atoms with Crippen LogP contribution >= 0.6 is 0 Å². The number of primary amides is 1. The van der Waals surface area contributed by atoms with Gasteiger partial charge in [0, 0.05) is 50.0 Å². The summed E-state index contributed by atoms with van der Waals surface area (Å²) in [6.07, 6.45) is 0.207. The molecule has 2 aromatic rings. The zero-order chi connectivity index (χ0) is 17.8. The molecule has 1 aliphatic rings. The minimum absolute atomic E-state index is 0.0117. The largest absolute Gasteiger partial charge is 0.351 e. The molecule has 0 radical (unpaired) electrons. The van der Waals surface area contributed by atoms with Crippen LogP contribution in [0.3, 0.4) is 0 Å². The van der Waals surface area contributed by atoms with Crippen LogP contribution in [-0.2, 0) is 4.79 Å². The lowest BCUT2D eigenvalue weighted by molar-refractivity contribution is -0.120. The third-order valence-electron chi connectivity index (χ3n) is 4.34. The molecule has 1 aromatic carbocycles. The van der Waals surface area contributed by atoms with E-state index in [0.717, 1.165) is 10.9 Å². The molecule has 4 amide bonds. The molecule has 132 valence electrons. The van der Waals surface area contributed by atoms with Crippen molar-refractivity contribution in [2.24, 2.45) is 5.73 Å². The maximum atomic E-state index is 12.6. The molecule has 1 aromatic heterocycles. The van der Waals surface area contributed by atoms with Crippen molar-refractivity contribution in [1.82, 2.24) is 20.1 Å². The number of H-pyrrole nitrogens is 1. The quantitative estimate of drug-likeness (QED) is 0.751. The number of nitrogens with one attached hydrogen (secondary N) is 2. The van der Waals surface area contributed by atoms with Gasteiger partial charge in [-0.25, -0.2) is 4.79 Å².